The van der Waals surface area contributed by atoms with E-state index in [1.165, 1.54) is 0 Å². The maximum Gasteiger partial charge on any atom is 0.488 e. The fraction of sp³-hybridized carbons (Fsp3) is 0.292. The number of carbonyl (C=O) groups is 1. The SMILES string of the molecule is CC1Cc2c(C(N)=O)cccc2N1c1nc2c(c(NCc3cccc(B(O)O)c3)n1)N(C)CC2. The summed E-state index contributed by atoms with van der Waals surface area (Å²) in [6, 6.07) is 12.8. The summed E-state index contributed by atoms with van der Waals surface area (Å²) in [6.07, 6.45) is 1.51. The van der Waals surface area contributed by atoms with Crippen LogP contribution in [-0.2, 0) is 19.4 Å². The van der Waals surface area contributed by atoms with E-state index in [9.17, 15) is 14.8 Å². The van der Waals surface area contributed by atoms with Crippen LogP contribution in [0.25, 0.3) is 0 Å². The monoisotopic (exact) mass is 458 g/mol. The average Bonchev–Trinajstić information content (AvgIpc) is 3.36. The van der Waals surface area contributed by atoms with E-state index >= 15 is 0 Å². The molecule has 0 spiro atoms. The maximum atomic E-state index is 12.0. The number of nitrogens with two attached hydrogens (primary N) is 1. The molecule has 2 aromatic carbocycles. The molecule has 2 aliphatic heterocycles. The van der Waals surface area contributed by atoms with Gasteiger partial charge in [-0.2, -0.15) is 4.98 Å². The van der Waals surface area contributed by atoms with Gasteiger partial charge in [0.05, 0.1) is 5.69 Å². The molecule has 1 unspecified atom stereocenters. The number of nitrogens with one attached hydrogen (secondary N) is 1. The van der Waals surface area contributed by atoms with Crippen LogP contribution in [0.1, 0.15) is 34.1 Å². The van der Waals surface area contributed by atoms with Gasteiger partial charge in [0.2, 0.25) is 11.9 Å². The zero-order valence-electron chi connectivity index (χ0n) is 19.2. The van der Waals surface area contributed by atoms with Crippen LogP contribution in [-0.4, -0.2) is 52.7 Å². The van der Waals surface area contributed by atoms with Gasteiger partial charge in [-0.15, -0.1) is 0 Å². The molecule has 5 rings (SSSR count). The Labute approximate surface area is 198 Å². The highest BCUT2D eigenvalue weighted by molar-refractivity contribution is 6.58. The zero-order chi connectivity index (χ0) is 24.0. The molecule has 3 aromatic rings. The highest BCUT2D eigenvalue weighted by Gasteiger charge is 2.34. The topological polar surface area (TPSA) is 128 Å². The number of anilines is 4. The quantitative estimate of drug-likeness (QED) is 0.402. The van der Waals surface area contributed by atoms with Crippen LogP contribution >= 0.6 is 0 Å². The molecule has 2 aliphatic rings. The number of benzene rings is 2. The van der Waals surface area contributed by atoms with Crippen LogP contribution in [0.15, 0.2) is 42.5 Å². The summed E-state index contributed by atoms with van der Waals surface area (Å²) in [5, 5.41) is 22.4. The molecule has 34 heavy (non-hydrogen) atoms. The number of amides is 1. The second-order valence-corrected chi connectivity index (χ2v) is 8.90. The first-order valence-electron chi connectivity index (χ1n) is 11.3. The molecule has 0 aliphatic carbocycles. The van der Waals surface area contributed by atoms with E-state index in [1.807, 2.05) is 25.2 Å². The number of fused-ring (bicyclic) bond motifs is 2. The van der Waals surface area contributed by atoms with Gasteiger partial charge in [-0.1, -0.05) is 30.3 Å². The molecular formula is C24H27BN6O3. The normalized spacial score (nSPS) is 16.4. The van der Waals surface area contributed by atoms with Gasteiger partial charge in [0.25, 0.3) is 0 Å². The first-order valence-corrected chi connectivity index (χ1v) is 11.3. The molecule has 174 valence electrons. The van der Waals surface area contributed by atoms with Crippen molar-refractivity contribution in [1.82, 2.24) is 9.97 Å². The van der Waals surface area contributed by atoms with E-state index in [4.69, 9.17) is 15.7 Å². The van der Waals surface area contributed by atoms with Crippen LogP contribution in [0.4, 0.5) is 23.1 Å². The third kappa shape index (κ3) is 3.84. The van der Waals surface area contributed by atoms with Crippen molar-refractivity contribution in [3.63, 3.8) is 0 Å². The second-order valence-electron chi connectivity index (χ2n) is 8.90. The van der Waals surface area contributed by atoms with Gasteiger partial charge in [-0.3, -0.25) is 4.79 Å². The van der Waals surface area contributed by atoms with Crippen molar-refractivity contribution in [3.05, 3.63) is 64.8 Å². The Morgan fingerprint density at radius 2 is 2.03 bits per heavy atom. The summed E-state index contributed by atoms with van der Waals surface area (Å²) < 4.78 is 0. The highest BCUT2D eigenvalue weighted by Crippen LogP contribution is 2.41. The predicted molar refractivity (Wildman–Crippen MR) is 133 cm³/mol. The number of hydrogen-bond donors (Lipinski definition) is 4. The Balaban J connectivity index is 1.52. The number of nitrogens with zero attached hydrogens (tertiary/aromatic N) is 4. The van der Waals surface area contributed by atoms with Gasteiger partial charge in [-0.25, -0.2) is 4.98 Å². The van der Waals surface area contributed by atoms with Gasteiger partial charge >= 0.3 is 7.12 Å². The summed E-state index contributed by atoms with van der Waals surface area (Å²) in [4.78, 5) is 26.0. The molecule has 0 radical (unpaired) electrons. The van der Waals surface area contributed by atoms with Crippen LogP contribution in [0.5, 0.6) is 0 Å². The van der Waals surface area contributed by atoms with Crippen molar-refractivity contribution in [3.8, 4) is 0 Å². The molecule has 5 N–H and O–H groups in total. The van der Waals surface area contributed by atoms with Crippen LogP contribution in [0, 0.1) is 0 Å². The van der Waals surface area contributed by atoms with Crippen molar-refractivity contribution in [2.75, 3.05) is 28.7 Å². The Hall–Kier alpha value is -3.63. The van der Waals surface area contributed by atoms with Crippen LogP contribution < -0.4 is 26.3 Å². The molecule has 0 fully saturated rings. The number of primary amides is 1. The lowest BCUT2D eigenvalue weighted by Crippen LogP contribution is -2.30. The summed E-state index contributed by atoms with van der Waals surface area (Å²) in [5.74, 6) is 0.880. The van der Waals surface area contributed by atoms with Crippen LogP contribution in [0.3, 0.4) is 0 Å². The molecule has 1 amide bonds. The molecule has 1 aromatic heterocycles. The van der Waals surface area contributed by atoms with E-state index in [2.05, 4.69) is 22.0 Å². The number of rotatable bonds is 6. The van der Waals surface area contributed by atoms with Crippen molar-refractivity contribution in [2.45, 2.75) is 32.4 Å². The van der Waals surface area contributed by atoms with E-state index in [1.54, 1.807) is 24.3 Å². The Morgan fingerprint density at radius 3 is 2.79 bits per heavy atom. The summed E-state index contributed by atoms with van der Waals surface area (Å²) in [5.41, 5.74) is 11.3. The number of likely N-dealkylation sites (N-methyl/N-ethyl adjacent to an activating group) is 1. The largest absolute Gasteiger partial charge is 0.488 e. The number of carbonyl (C=O) groups excluding carboxylic acids is 1. The van der Waals surface area contributed by atoms with Crippen molar-refractivity contribution < 1.29 is 14.8 Å². The fourth-order valence-electron chi connectivity index (χ4n) is 4.90. The molecule has 1 atom stereocenters. The second kappa shape index (κ2) is 8.62. The lowest BCUT2D eigenvalue weighted by Gasteiger charge is -2.25. The van der Waals surface area contributed by atoms with Crippen molar-refractivity contribution >= 4 is 41.6 Å². The first-order chi connectivity index (χ1) is 16.3. The zero-order valence-corrected chi connectivity index (χ0v) is 19.2. The Morgan fingerprint density at radius 1 is 1.24 bits per heavy atom. The highest BCUT2D eigenvalue weighted by atomic mass is 16.4. The summed E-state index contributed by atoms with van der Waals surface area (Å²) in [6.45, 7) is 3.41. The van der Waals surface area contributed by atoms with Gasteiger partial charge in [0.1, 0.15) is 5.69 Å². The molecule has 10 heteroatoms. The fourth-order valence-corrected chi connectivity index (χ4v) is 4.90. The molecule has 0 saturated heterocycles. The third-order valence-corrected chi connectivity index (χ3v) is 6.55. The predicted octanol–water partition coefficient (Wildman–Crippen LogP) is 0.942. The molecule has 0 bridgehead atoms. The minimum atomic E-state index is -1.51. The van der Waals surface area contributed by atoms with E-state index < -0.39 is 13.0 Å². The van der Waals surface area contributed by atoms with E-state index in [-0.39, 0.29) is 6.04 Å². The molecule has 9 nitrogen and oxygen atoms in total. The summed E-state index contributed by atoms with van der Waals surface area (Å²) in [7, 11) is 0.512. The van der Waals surface area contributed by atoms with Gasteiger partial charge < -0.3 is 30.9 Å². The minimum absolute atomic E-state index is 0.0725. The molecule has 3 heterocycles. The standard InChI is InChI=1S/C24H27BN6O3/c1-14-11-18-17(22(26)32)7-4-8-20(18)31(14)24-28-19-9-10-30(2)21(19)23(29-24)27-13-15-5-3-6-16(12-15)25(33)34/h3-8,12,14,33-34H,9-11,13H2,1-2H3,(H2,26,32)(H,27,28,29). The maximum absolute atomic E-state index is 12.0. The van der Waals surface area contributed by atoms with Crippen molar-refractivity contribution in [1.29, 1.82) is 0 Å². The molecular weight excluding hydrogens is 431 g/mol. The lowest BCUT2D eigenvalue weighted by atomic mass is 9.80. The summed E-state index contributed by atoms with van der Waals surface area (Å²) >= 11 is 0. The van der Waals surface area contributed by atoms with Gasteiger partial charge in [-0.05, 0) is 42.1 Å². The molecule has 0 saturated carbocycles. The van der Waals surface area contributed by atoms with E-state index in [0.717, 1.165) is 47.0 Å². The van der Waals surface area contributed by atoms with E-state index in [0.29, 0.717) is 29.9 Å². The number of aromatic nitrogens is 2. The van der Waals surface area contributed by atoms with Crippen molar-refractivity contribution in [2.24, 2.45) is 5.73 Å². The third-order valence-electron chi connectivity index (χ3n) is 6.55. The average molecular weight is 458 g/mol. The van der Waals surface area contributed by atoms with Gasteiger partial charge in [0.15, 0.2) is 5.82 Å². The minimum Gasteiger partial charge on any atom is -0.423 e. The smallest absolute Gasteiger partial charge is 0.423 e. The van der Waals surface area contributed by atoms with Crippen LogP contribution in [0.2, 0.25) is 0 Å². The first kappa shape index (κ1) is 22.2. The Kier molecular flexibility index (Phi) is 5.62. The number of hydrogen-bond acceptors (Lipinski definition) is 8. The lowest BCUT2D eigenvalue weighted by molar-refractivity contribution is 0.0999. The van der Waals surface area contributed by atoms with Gasteiger partial charge in [0, 0.05) is 43.9 Å². The Bertz CT molecular complexity index is 1270.